The molecule has 3 nitrogen and oxygen atoms in total. The van der Waals surface area contributed by atoms with E-state index in [1.807, 2.05) is 6.92 Å². The van der Waals surface area contributed by atoms with E-state index in [1.54, 1.807) is 7.11 Å². The summed E-state index contributed by atoms with van der Waals surface area (Å²) in [6.45, 7) is 2.20. The average molecular weight is 239 g/mol. The van der Waals surface area contributed by atoms with Gasteiger partial charge in [-0.2, -0.15) is 5.26 Å². The molecule has 3 heteroatoms. The number of methoxy groups -OCH3 is 1. The second-order valence-electron chi connectivity index (χ2n) is 5.28. The first kappa shape index (κ1) is 14.5. The molecule has 0 saturated heterocycles. The van der Waals surface area contributed by atoms with Gasteiger partial charge in [-0.1, -0.05) is 39.0 Å². The van der Waals surface area contributed by atoms with Crippen molar-refractivity contribution in [1.29, 1.82) is 5.26 Å². The van der Waals surface area contributed by atoms with E-state index in [0.717, 1.165) is 25.7 Å². The van der Waals surface area contributed by atoms with Crippen molar-refractivity contribution in [2.24, 2.45) is 5.41 Å². The highest BCUT2D eigenvalue weighted by Crippen LogP contribution is 2.44. The molecular formula is C14H25NO2. The van der Waals surface area contributed by atoms with E-state index in [1.165, 1.54) is 19.3 Å². The third-order valence-electron chi connectivity index (χ3n) is 4.28. The zero-order valence-electron chi connectivity index (χ0n) is 11.2. The molecule has 0 aromatic rings. The molecule has 1 aliphatic carbocycles. The summed E-state index contributed by atoms with van der Waals surface area (Å²) in [6.07, 6.45) is 7.88. The van der Waals surface area contributed by atoms with Crippen molar-refractivity contribution in [3.63, 3.8) is 0 Å². The van der Waals surface area contributed by atoms with Crippen molar-refractivity contribution in [3.8, 4) is 6.07 Å². The Bertz CT molecular complexity index is 264. The average Bonchev–Trinajstić information content (AvgIpc) is 2.29. The molecule has 0 radical (unpaired) electrons. The van der Waals surface area contributed by atoms with Crippen molar-refractivity contribution in [1.82, 2.24) is 0 Å². The Kier molecular flexibility index (Phi) is 5.42. The van der Waals surface area contributed by atoms with E-state index in [0.29, 0.717) is 6.42 Å². The van der Waals surface area contributed by atoms with E-state index in [9.17, 15) is 10.4 Å². The normalized spacial score (nSPS) is 24.1. The smallest absolute Gasteiger partial charge is 0.106 e. The molecule has 0 aromatic carbocycles. The minimum absolute atomic E-state index is 0.261. The minimum atomic E-state index is -0.992. The largest absolute Gasteiger partial charge is 0.386 e. The molecule has 98 valence electrons. The Labute approximate surface area is 105 Å². The molecule has 0 spiro atoms. The standard InChI is InChI=1S/C14H25NO2/c1-3-14(16,12-17-2)13(11-15)9-7-5-4-6-8-10-13/h16H,3-10,12H2,1-2H3. The van der Waals surface area contributed by atoms with Crippen LogP contribution in [0.15, 0.2) is 0 Å². The molecule has 1 aliphatic rings. The molecule has 1 fully saturated rings. The molecule has 0 bridgehead atoms. The minimum Gasteiger partial charge on any atom is -0.386 e. The lowest BCUT2D eigenvalue weighted by atomic mass is 9.65. The van der Waals surface area contributed by atoms with Crippen molar-refractivity contribution < 1.29 is 9.84 Å². The Morgan fingerprint density at radius 1 is 1.24 bits per heavy atom. The number of nitriles is 1. The summed E-state index contributed by atoms with van der Waals surface area (Å²) in [7, 11) is 1.59. The van der Waals surface area contributed by atoms with Gasteiger partial charge in [0, 0.05) is 7.11 Å². The van der Waals surface area contributed by atoms with Crippen LogP contribution in [-0.2, 0) is 4.74 Å². The van der Waals surface area contributed by atoms with Crippen molar-refractivity contribution in [3.05, 3.63) is 0 Å². The van der Waals surface area contributed by atoms with Gasteiger partial charge in [-0.05, 0) is 19.3 Å². The van der Waals surface area contributed by atoms with Gasteiger partial charge in [-0.15, -0.1) is 0 Å². The zero-order valence-corrected chi connectivity index (χ0v) is 11.2. The number of aliphatic hydroxyl groups is 1. The second kappa shape index (κ2) is 6.37. The maximum Gasteiger partial charge on any atom is 0.106 e. The lowest BCUT2D eigenvalue weighted by molar-refractivity contribution is -0.113. The second-order valence-corrected chi connectivity index (χ2v) is 5.28. The molecule has 0 aliphatic heterocycles. The summed E-state index contributed by atoms with van der Waals surface area (Å²) >= 11 is 0. The molecule has 0 heterocycles. The maximum absolute atomic E-state index is 10.8. The monoisotopic (exact) mass is 239 g/mol. The fraction of sp³-hybridized carbons (Fsp3) is 0.929. The summed E-state index contributed by atoms with van der Waals surface area (Å²) in [5.74, 6) is 0. The highest BCUT2D eigenvalue weighted by molar-refractivity contribution is 5.11. The van der Waals surface area contributed by atoms with E-state index < -0.39 is 11.0 Å². The first-order valence-corrected chi connectivity index (χ1v) is 6.77. The van der Waals surface area contributed by atoms with Gasteiger partial charge in [0.2, 0.25) is 0 Å². The van der Waals surface area contributed by atoms with Gasteiger partial charge in [-0.25, -0.2) is 0 Å². The van der Waals surface area contributed by atoms with Crippen molar-refractivity contribution in [2.45, 2.75) is 63.9 Å². The molecule has 0 aromatic heterocycles. The Morgan fingerprint density at radius 3 is 2.18 bits per heavy atom. The first-order valence-electron chi connectivity index (χ1n) is 6.77. The number of rotatable bonds is 4. The molecule has 17 heavy (non-hydrogen) atoms. The molecule has 1 N–H and O–H groups in total. The van der Waals surface area contributed by atoms with Crippen LogP contribution in [0.2, 0.25) is 0 Å². The summed E-state index contributed by atoms with van der Waals surface area (Å²) < 4.78 is 5.15. The van der Waals surface area contributed by atoms with Gasteiger partial charge in [0.25, 0.3) is 0 Å². The van der Waals surface area contributed by atoms with Crippen LogP contribution in [0, 0.1) is 16.7 Å². The van der Waals surface area contributed by atoms with Crippen molar-refractivity contribution in [2.75, 3.05) is 13.7 Å². The van der Waals surface area contributed by atoms with Gasteiger partial charge in [-0.3, -0.25) is 0 Å². The van der Waals surface area contributed by atoms with E-state index >= 15 is 0 Å². The predicted octanol–water partition coefficient (Wildman–Crippen LogP) is 3.03. The van der Waals surface area contributed by atoms with Gasteiger partial charge in [0.15, 0.2) is 0 Å². The Hall–Kier alpha value is -0.590. The third kappa shape index (κ3) is 3.00. The molecular weight excluding hydrogens is 214 g/mol. The highest BCUT2D eigenvalue weighted by Gasteiger charge is 2.49. The molecule has 1 saturated carbocycles. The third-order valence-corrected chi connectivity index (χ3v) is 4.28. The van der Waals surface area contributed by atoms with Crippen LogP contribution in [0.4, 0.5) is 0 Å². The van der Waals surface area contributed by atoms with E-state index in [2.05, 4.69) is 6.07 Å². The van der Waals surface area contributed by atoms with Gasteiger partial charge in [0.05, 0.1) is 18.1 Å². The van der Waals surface area contributed by atoms with Crippen LogP contribution >= 0.6 is 0 Å². The van der Waals surface area contributed by atoms with Gasteiger partial charge < -0.3 is 9.84 Å². The highest BCUT2D eigenvalue weighted by atomic mass is 16.5. The maximum atomic E-state index is 10.8. The fourth-order valence-corrected chi connectivity index (χ4v) is 3.01. The summed E-state index contributed by atoms with van der Waals surface area (Å²) in [4.78, 5) is 0. The van der Waals surface area contributed by atoms with Crippen molar-refractivity contribution >= 4 is 0 Å². The van der Waals surface area contributed by atoms with Crippen LogP contribution in [-0.4, -0.2) is 24.4 Å². The summed E-state index contributed by atoms with van der Waals surface area (Å²) in [5.41, 5.74) is -1.61. The number of nitrogens with zero attached hydrogens (tertiary/aromatic N) is 1. The Balaban J connectivity index is 2.93. The summed E-state index contributed by atoms with van der Waals surface area (Å²) in [5, 5.41) is 20.4. The van der Waals surface area contributed by atoms with Crippen LogP contribution in [0.5, 0.6) is 0 Å². The number of hydrogen-bond donors (Lipinski definition) is 1. The van der Waals surface area contributed by atoms with E-state index in [4.69, 9.17) is 4.74 Å². The van der Waals surface area contributed by atoms with Gasteiger partial charge >= 0.3 is 0 Å². The topological polar surface area (TPSA) is 53.2 Å². The van der Waals surface area contributed by atoms with Crippen LogP contribution in [0.1, 0.15) is 58.3 Å². The van der Waals surface area contributed by atoms with Crippen LogP contribution in [0.25, 0.3) is 0 Å². The molecule has 0 amide bonds. The molecule has 1 rings (SSSR count). The number of ether oxygens (including phenoxy) is 1. The van der Waals surface area contributed by atoms with Crippen LogP contribution in [0.3, 0.4) is 0 Å². The molecule has 1 unspecified atom stereocenters. The lowest BCUT2D eigenvalue weighted by Crippen LogP contribution is -2.51. The van der Waals surface area contributed by atoms with Crippen LogP contribution < -0.4 is 0 Å². The summed E-state index contributed by atoms with van der Waals surface area (Å²) in [6, 6.07) is 2.43. The fourth-order valence-electron chi connectivity index (χ4n) is 3.01. The predicted molar refractivity (Wildman–Crippen MR) is 67.5 cm³/mol. The SMILES string of the molecule is CCC(O)(COC)C1(C#N)CCCCCCC1. The number of hydrogen-bond acceptors (Lipinski definition) is 3. The first-order chi connectivity index (χ1) is 8.14. The molecule has 1 atom stereocenters. The van der Waals surface area contributed by atoms with E-state index in [-0.39, 0.29) is 6.61 Å². The Morgan fingerprint density at radius 2 is 1.76 bits per heavy atom. The van der Waals surface area contributed by atoms with Gasteiger partial charge in [0.1, 0.15) is 5.60 Å². The quantitative estimate of drug-likeness (QED) is 0.820. The zero-order chi connectivity index (χ0) is 12.8. The lowest BCUT2D eigenvalue weighted by Gasteiger charge is -2.43.